The number of aliphatic hydroxyl groups is 1. The van der Waals surface area contributed by atoms with E-state index in [-0.39, 0.29) is 18.3 Å². The topological polar surface area (TPSA) is 49.3 Å². The lowest BCUT2D eigenvalue weighted by Gasteiger charge is -2.05. The van der Waals surface area contributed by atoms with Crippen molar-refractivity contribution in [3.8, 4) is 11.8 Å². The molecule has 21 heavy (non-hydrogen) atoms. The molecule has 2 rings (SSSR count). The smallest absolute Gasteiger partial charge is 0.255 e. The van der Waals surface area contributed by atoms with Gasteiger partial charge in [0.15, 0.2) is 0 Å². The summed E-state index contributed by atoms with van der Waals surface area (Å²) < 4.78 is 12.8. The molecule has 0 atom stereocenters. The highest BCUT2D eigenvalue weighted by atomic mass is 19.1. The van der Waals surface area contributed by atoms with Crippen molar-refractivity contribution in [1.29, 1.82) is 0 Å². The Hall–Kier alpha value is -2.64. The van der Waals surface area contributed by atoms with Crippen LogP contribution in [-0.2, 0) is 0 Å². The van der Waals surface area contributed by atoms with E-state index in [0.717, 1.165) is 5.56 Å². The predicted molar refractivity (Wildman–Crippen MR) is 79.4 cm³/mol. The summed E-state index contributed by atoms with van der Waals surface area (Å²) in [6.07, 6.45) is 0.409. The second kappa shape index (κ2) is 7.22. The van der Waals surface area contributed by atoms with Gasteiger partial charge in [0.05, 0.1) is 6.61 Å². The largest absolute Gasteiger partial charge is 0.395 e. The van der Waals surface area contributed by atoms with Gasteiger partial charge in [-0.3, -0.25) is 4.79 Å². The van der Waals surface area contributed by atoms with Crippen molar-refractivity contribution >= 4 is 11.6 Å². The number of carbonyl (C=O) groups excluding carboxylic acids is 1. The van der Waals surface area contributed by atoms with Crippen LogP contribution in [0.4, 0.5) is 10.1 Å². The quantitative estimate of drug-likeness (QED) is 0.851. The van der Waals surface area contributed by atoms with Crippen LogP contribution >= 0.6 is 0 Å². The summed E-state index contributed by atoms with van der Waals surface area (Å²) in [5, 5.41) is 11.4. The number of rotatable bonds is 3. The fraction of sp³-hybridized carbons (Fsp3) is 0.118. The second-order valence-electron chi connectivity index (χ2n) is 4.32. The van der Waals surface area contributed by atoms with Crippen molar-refractivity contribution in [2.75, 3.05) is 11.9 Å². The maximum absolute atomic E-state index is 12.8. The molecule has 2 N–H and O–H groups in total. The van der Waals surface area contributed by atoms with Gasteiger partial charge in [-0.2, -0.15) is 0 Å². The van der Waals surface area contributed by atoms with E-state index in [9.17, 15) is 9.18 Å². The molecule has 0 saturated heterocycles. The van der Waals surface area contributed by atoms with Crippen LogP contribution in [0.2, 0.25) is 0 Å². The average molecular weight is 283 g/mol. The minimum Gasteiger partial charge on any atom is -0.395 e. The Morgan fingerprint density at radius 3 is 2.67 bits per heavy atom. The van der Waals surface area contributed by atoms with Gasteiger partial charge in [0.1, 0.15) is 5.82 Å². The Balaban J connectivity index is 2.09. The second-order valence-corrected chi connectivity index (χ2v) is 4.32. The van der Waals surface area contributed by atoms with E-state index in [2.05, 4.69) is 17.2 Å². The molecular formula is C17H14FNO2. The zero-order valence-corrected chi connectivity index (χ0v) is 11.3. The monoisotopic (exact) mass is 283 g/mol. The zero-order chi connectivity index (χ0) is 15.1. The fourth-order valence-corrected chi connectivity index (χ4v) is 1.70. The summed E-state index contributed by atoms with van der Waals surface area (Å²) in [7, 11) is 0. The van der Waals surface area contributed by atoms with Crippen molar-refractivity contribution in [2.24, 2.45) is 0 Å². The molecule has 0 aliphatic heterocycles. The first-order valence-corrected chi connectivity index (χ1v) is 6.46. The molecule has 0 aliphatic rings. The number of halogens is 1. The molecule has 3 nitrogen and oxygen atoms in total. The summed E-state index contributed by atoms with van der Waals surface area (Å²) >= 11 is 0. The van der Waals surface area contributed by atoms with Gasteiger partial charge in [-0.05, 0) is 42.5 Å². The van der Waals surface area contributed by atoms with E-state index in [1.165, 1.54) is 24.3 Å². The summed E-state index contributed by atoms with van der Waals surface area (Å²) in [5.41, 5.74) is 1.74. The highest BCUT2D eigenvalue weighted by Crippen LogP contribution is 2.12. The highest BCUT2D eigenvalue weighted by Gasteiger charge is 2.06. The molecule has 0 aromatic heterocycles. The number of benzene rings is 2. The lowest BCUT2D eigenvalue weighted by Crippen LogP contribution is -2.11. The lowest BCUT2D eigenvalue weighted by molar-refractivity contribution is 0.102. The summed E-state index contributed by atoms with van der Waals surface area (Å²) in [4.78, 5) is 12.0. The molecule has 0 aliphatic carbocycles. The molecule has 4 heteroatoms. The van der Waals surface area contributed by atoms with Crippen LogP contribution in [0.25, 0.3) is 0 Å². The Kier molecular flexibility index (Phi) is 5.08. The normalized spacial score (nSPS) is 9.62. The van der Waals surface area contributed by atoms with Gasteiger partial charge >= 0.3 is 0 Å². The number of carbonyl (C=O) groups is 1. The third-order valence-corrected chi connectivity index (χ3v) is 2.70. The van der Waals surface area contributed by atoms with Crippen LogP contribution in [-0.4, -0.2) is 17.6 Å². The van der Waals surface area contributed by atoms with Gasteiger partial charge in [-0.25, -0.2) is 4.39 Å². The Bertz CT molecular complexity index is 684. The zero-order valence-electron chi connectivity index (χ0n) is 11.3. The van der Waals surface area contributed by atoms with Crippen LogP contribution in [0.15, 0.2) is 48.5 Å². The molecular weight excluding hydrogens is 269 g/mol. The van der Waals surface area contributed by atoms with E-state index < -0.39 is 0 Å². The number of hydrogen-bond acceptors (Lipinski definition) is 2. The van der Waals surface area contributed by atoms with Gasteiger partial charge in [0.2, 0.25) is 0 Å². The van der Waals surface area contributed by atoms with Gasteiger partial charge in [0, 0.05) is 23.2 Å². The lowest BCUT2D eigenvalue weighted by atomic mass is 10.1. The molecule has 0 saturated carbocycles. The third kappa shape index (κ3) is 4.44. The van der Waals surface area contributed by atoms with Gasteiger partial charge in [0.25, 0.3) is 5.91 Å². The van der Waals surface area contributed by atoms with Crippen molar-refractivity contribution in [1.82, 2.24) is 0 Å². The SMILES string of the molecule is O=C(Nc1cccc(C#CCCO)c1)c1ccc(F)cc1. The van der Waals surface area contributed by atoms with Crippen LogP contribution in [0, 0.1) is 17.7 Å². The average Bonchev–Trinajstić information content (AvgIpc) is 2.48. The third-order valence-electron chi connectivity index (χ3n) is 2.70. The molecule has 0 radical (unpaired) electrons. The Morgan fingerprint density at radius 2 is 1.95 bits per heavy atom. The van der Waals surface area contributed by atoms with Crippen molar-refractivity contribution in [2.45, 2.75) is 6.42 Å². The molecule has 0 unspecified atom stereocenters. The Labute approximate surface area is 122 Å². The van der Waals surface area contributed by atoms with E-state index in [0.29, 0.717) is 17.7 Å². The molecule has 0 fully saturated rings. The fourth-order valence-electron chi connectivity index (χ4n) is 1.70. The maximum atomic E-state index is 12.8. The standard InChI is InChI=1S/C17H14FNO2/c18-15-9-7-14(8-10-15)17(21)19-16-6-3-5-13(12-16)4-1-2-11-20/h3,5-10,12,20H,2,11H2,(H,19,21). The van der Waals surface area contributed by atoms with Gasteiger partial charge in [-0.15, -0.1) is 0 Å². The summed E-state index contributed by atoms with van der Waals surface area (Å²) in [6, 6.07) is 12.4. The molecule has 0 bridgehead atoms. The number of amides is 1. The van der Waals surface area contributed by atoms with E-state index in [1.54, 1.807) is 18.2 Å². The molecule has 2 aromatic carbocycles. The van der Waals surface area contributed by atoms with E-state index >= 15 is 0 Å². The predicted octanol–water partition coefficient (Wildman–Crippen LogP) is 2.81. The number of aliphatic hydroxyl groups excluding tert-OH is 1. The van der Waals surface area contributed by atoms with Gasteiger partial charge in [-0.1, -0.05) is 17.9 Å². The van der Waals surface area contributed by atoms with Crippen molar-refractivity contribution in [3.63, 3.8) is 0 Å². The van der Waals surface area contributed by atoms with Gasteiger partial charge < -0.3 is 10.4 Å². The van der Waals surface area contributed by atoms with Crippen molar-refractivity contribution < 1.29 is 14.3 Å². The molecule has 0 heterocycles. The summed E-state index contributed by atoms with van der Waals surface area (Å²) in [6.45, 7) is 0.0218. The Morgan fingerprint density at radius 1 is 1.19 bits per heavy atom. The van der Waals surface area contributed by atoms with E-state index in [1.807, 2.05) is 6.07 Å². The molecule has 1 amide bonds. The van der Waals surface area contributed by atoms with Crippen molar-refractivity contribution in [3.05, 3.63) is 65.5 Å². The van der Waals surface area contributed by atoms with Crippen LogP contribution < -0.4 is 5.32 Å². The minimum atomic E-state index is -0.382. The minimum absolute atomic E-state index is 0.0218. The number of anilines is 1. The molecule has 0 spiro atoms. The first-order valence-electron chi connectivity index (χ1n) is 6.46. The number of hydrogen-bond donors (Lipinski definition) is 2. The van der Waals surface area contributed by atoms with E-state index in [4.69, 9.17) is 5.11 Å². The number of nitrogens with one attached hydrogen (secondary N) is 1. The van der Waals surface area contributed by atoms with Crippen LogP contribution in [0.3, 0.4) is 0 Å². The highest BCUT2D eigenvalue weighted by molar-refractivity contribution is 6.04. The first kappa shape index (κ1) is 14.8. The summed E-state index contributed by atoms with van der Waals surface area (Å²) in [5.74, 6) is 5.02. The first-order chi connectivity index (χ1) is 10.2. The molecule has 106 valence electrons. The van der Waals surface area contributed by atoms with Crippen LogP contribution in [0.1, 0.15) is 22.3 Å². The molecule has 2 aromatic rings. The van der Waals surface area contributed by atoms with Crippen LogP contribution in [0.5, 0.6) is 0 Å². The maximum Gasteiger partial charge on any atom is 0.255 e.